The zero-order valence-electron chi connectivity index (χ0n) is 20.6. The minimum atomic E-state index is -0.195. The molecule has 8 heteroatoms. The maximum Gasteiger partial charge on any atom is 0.291 e. The molecule has 0 radical (unpaired) electrons. The van der Waals surface area contributed by atoms with Crippen LogP contribution in [-0.4, -0.2) is 34.9 Å². The SMILES string of the molecule is CCCCOc1ccc(-c2nc3sc(=Cc4ccc(OCCC(C)C)c(OC)c4)c(=O)n3n2)cc1. The van der Waals surface area contributed by atoms with Gasteiger partial charge in [-0.05, 0) is 66.8 Å². The topological polar surface area (TPSA) is 75.0 Å². The van der Waals surface area contributed by atoms with Crippen molar-refractivity contribution in [2.75, 3.05) is 20.3 Å². The summed E-state index contributed by atoms with van der Waals surface area (Å²) in [7, 11) is 1.61. The van der Waals surface area contributed by atoms with Crippen LogP contribution in [0.5, 0.6) is 17.2 Å². The molecule has 0 spiro atoms. The fourth-order valence-electron chi connectivity index (χ4n) is 3.44. The van der Waals surface area contributed by atoms with E-state index in [0.29, 0.717) is 45.9 Å². The molecule has 4 aromatic rings. The van der Waals surface area contributed by atoms with Gasteiger partial charge in [0.2, 0.25) is 4.96 Å². The number of hydrogen-bond acceptors (Lipinski definition) is 7. The summed E-state index contributed by atoms with van der Waals surface area (Å²) in [5.74, 6) is 3.24. The second-order valence-electron chi connectivity index (χ2n) is 8.71. The van der Waals surface area contributed by atoms with E-state index in [9.17, 15) is 4.79 Å². The van der Waals surface area contributed by atoms with Crippen LogP contribution in [0.15, 0.2) is 47.3 Å². The third kappa shape index (κ3) is 6.00. The van der Waals surface area contributed by atoms with Gasteiger partial charge in [-0.1, -0.05) is 44.6 Å². The first kappa shape index (κ1) is 24.7. The van der Waals surface area contributed by atoms with Gasteiger partial charge in [0.05, 0.1) is 24.9 Å². The highest BCUT2D eigenvalue weighted by molar-refractivity contribution is 7.15. The van der Waals surface area contributed by atoms with Gasteiger partial charge >= 0.3 is 0 Å². The van der Waals surface area contributed by atoms with E-state index in [1.54, 1.807) is 7.11 Å². The zero-order chi connectivity index (χ0) is 24.8. The van der Waals surface area contributed by atoms with E-state index in [-0.39, 0.29) is 5.56 Å². The first-order valence-corrected chi connectivity index (χ1v) is 12.8. The highest BCUT2D eigenvalue weighted by Gasteiger charge is 2.13. The van der Waals surface area contributed by atoms with Crippen LogP contribution in [0.2, 0.25) is 0 Å². The Morgan fingerprint density at radius 3 is 2.54 bits per heavy atom. The van der Waals surface area contributed by atoms with Gasteiger partial charge < -0.3 is 14.2 Å². The van der Waals surface area contributed by atoms with Gasteiger partial charge in [-0.25, -0.2) is 0 Å². The largest absolute Gasteiger partial charge is 0.494 e. The fourth-order valence-corrected chi connectivity index (χ4v) is 4.35. The molecule has 0 amide bonds. The standard InChI is InChI=1S/C27H31N3O4S/c1-5-6-14-33-21-10-8-20(9-11-21)25-28-27-30(29-25)26(31)24(35-27)17-19-7-12-22(23(16-19)32-4)34-15-13-18(2)3/h7-12,16-18H,5-6,13-15H2,1-4H3. The van der Waals surface area contributed by atoms with Gasteiger partial charge in [0.15, 0.2) is 17.3 Å². The van der Waals surface area contributed by atoms with Crippen LogP contribution in [0.3, 0.4) is 0 Å². The van der Waals surface area contributed by atoms with Crippen molar-refractivity contribution >= 4 is 22.4 Å². The molecule has 0 N–H and O–H groups in total. The lowest BCUT2D eigenvalue weighted by Crippen LogP contribution is -2.23. The second-order valence-corrected chi connectivity index (χ2v) is 9.72. The molecule has 4 rings (SSSR count). The van der Waals surface area contributed by atoms with Crippen molar-refractivity contribution < 1.29 is 14.2 Å². The number of ether oxygens (including phenoxy) is 3. The smallest absolute Gasteiger partial charge is 0.291 e. The Hall–Kier alpha value is -3.39. The molecule has 0 aliphatic carbocycles. The fraction of sp³-hybridized carbons (Fsp3) is 0.370. The number of nitrogens with zero attached hydrogens (tertiary/aromatic N) is 3. The van der Waals surface area contributed by atoms with Crippen LogP contribution in [0.1, 0.15) is 45.6 Å². The predicted octanol–water partition coefficient (Wildman–Crippen LogP) is 4.98. The monoisotopic (exact) mass is 493 g/mol. The maximum atomic E-state index is 13.0. The number of rotatable bonds is 11. The number of thiazole rings is 1. The zero-order valence-corrected chi connectivity index (χ0v) is 21.4. The van der Waals surface area contributed by atoms with Crippen LogP contribution in [0.4, 0.5) is 0 Å². The van der Waals surface area contributed by atoms with Crippen molar-refractivity contribution in [3.63, 3.8) is 0 Å². The Morgan fingerprint density at radius 2 is 1.86 bits per heavy atom. The molecule has 35 heavy (non-hydrogen) atoms. The van der Waals surface area contributed by atoms with Crippen LogP contribution < -0.4 is 24.3 Å². The summed E-state index contributed by atoms with van der Waals surface area (Å²) in [5, 5.41) is 4.44. The number of hydrogen-bond donors (Lipinski definition) is 0. The Morgan fingerprint density at radius 1 is 1.06 bits per heavy atom. The normalized spacial score (nSPS) is 12.0. The molecule has 2 aromatic heterocycles. The average molecular weight is 494 g/mol. The lowest BCUT2D eigenvalue weighted by molar-refractivity contribution is 0.273. The molecule has 0 fully saturated rings. The van der Waals surface area contributed by atoms with Crippen LogP contribution in [-0.2, 0) is 0 Å². The molecule has 0 bridgehead atoms. The van der Waals surface area contributed by atoms with Gasteiger partial charge in [-0.3, -0.25) is 4.79 Å². The highest BCUT2D eigenvalue weighted by Crippen LogP contribution is 2.29. The van der Waals surface area contributed by atoms with Crippen LogP contribution in [0.25, 0.3) is 22.4 Å². The average Bonchev–Trinajstić information content (AvgIpc) is 3.39. The van der Waals surface area contributed by atoms with Crippen molar-refractivity contribution in [3.8, 4) is 28.6 Å². The van der Waals surface area contributed by atoms with E-state index in [4.69, 9.17) is 14.2 Å². The Bertz CT molecular complexity index is 1380. The minimum absolute atomic E-state index is 0.195. The van der Waals surface area contributed by atoms with Crippen LogP contribution in [0, 0.1) is 5.92 Å². The molecule has 0 aliphatic heterocycles. The number of unbranched alkanes of at least 4 members (excludes halogenated alkanes) is 1. The van der Waals surface area contributed by atoms with Gasteiger partial charge in [-0.15, -0.1) is 5.10 Å². The van der Waals surface area contributed by atoms with E-state index in [1.165, 1.54) is 15.9 Å². The van der Waals surface area contributed by atoms with E-state index < -0.39 is 0 Å². The van der Waals surface area contributed by atoms with Gasteiger partial charge in [0, 0.05) is 5.56 Å². The summed E-state index contributed by atoms with van der Waals surface area (Å²) in [5.41, 5.74) is 1.49. The van der Waals surface area contributed by atoms with E-state index in [2.05, 4.69) is 30.9 Å². The van der Waals surface area contributed by atoms with Gasteiger partial charge in [0.25, 0.3) is 5.56 Å². The number of methoxy groups -OCH3 is 1. The van der Waals surface area contributed by atoms with Crippen molar-refractivity contribution in [3.05, 3.63) is 62.9 Å². The molecule has 2 aromatic carbocycles. The third-order valence-corrected chi connectivity index (χ3v) is 6.46. The second kappa shape index (κ2) is 11.4. The summed E-state index contributed by atoms with van der Waals surface area (Å²) in [6.45, 7) is 7.79. The lowest BCUT2D eigenvalue weighted by Gasteiger charge is -2.12. The summed E-state index contributed by atoms with van der Waals surface area (Å²) >= 11 is 1.31. The minimum Gasteiger partial charge on any atom is -0.494 e. The lowest BCUT2D eigenvalue weighted by atomic mass is 10.1. The van der Waals surface area contributed by atoms with Crippen molar-refractivity contribution in [2.45, 2.75) is 40.0 Å². The Kier molecular flexibility index (Phi) is 8.02. The van der Waals surface area contributed by atoms with Crippen LogP contribution >= 0.6 is 11.3 Å². The molecule has 0 atom stereocenters. The van der Waals surface area contributed by atoms with Crippen molar-refractivity contribution in [1.82, 2.24) is 14.6 Å². The van der Waals surface area contributed by atoms with E-state index >= 15 is 0 Å². The Labute approximate surface area is 209 Å². The van der Waals surface area contributed by atoms with E-state index in [0.717, 1.165) is 36.1 Å². The van der Waals surface area contributed by atoms with Crippen molar-refractivity contribution in [1.29, 1.82) is 0 Å². The molecule has 0 unspecified atom stereocenters. The maximum absolute atomic E-state index is 13.0. The van der Waals surface area contributed by atoms with E-state index in [1.807, 2.05) is 48.5 Å². The summed E-state index contributed by atoms with van der Waals surface area (Å²) in [6, 6.07) is 13.3. The molecule has 184 valence electrons. The Balaban J connectivity index is 1.54. The van der Waals surface area contributed by atoms with Gasteiger partial charge in [-0.2, -0.15) is 9.50 Å². The first-order chi connectivity index (χ1) is 17.0. The summed E-state index contributed by atoms with van der Waals surface area (Å²) in [6.07, 6.45) is 4.91. The summed E-state index contributed by atoms with van der Waals surface area (Å²) < 4.78 is 19.0. The molecule has 2 heterocycles. The first-order valence-electron chi connectivity index (χ1n) is 11.9. The predicted molar refractivity (Wildman–Crippen MR) is 140 cm³/mol. The summed E-state index contributed by atoms with van der Waals surface area (Å²) in [4.78, 5) is 18.1. The molecule has 0 saturated heterocycles. The molecule has 7 nitrogen and oxygen atoms in total. The molecular weight excluding hydrogens is 462 g/mol. The van der Waals surface area contributed by atoms with Gasteiger partial charge in [0.1, 0.15) is 5.75 Å². The number of aromatic nitrogens is 3. The molecular formula is C27H31N3O4S. The number of fused-ring (bicyclic) bond motifs is 1. The third-order valence-electron chi connectivity index (χ3n) is 5.50. The quantitative estimate of drug-likeness (QED) is 0.274. The molecule has 0 saturated carbocycles. The highest BCUT2D eigenvalue weighted by atomic mass is 32.1. The number of benzene rings is 2. The molecule has 0 aliphatic rings. The van der Waals surface area contributed by atoms with Crippen molar-refractivity contribution in [2.24, 2.45) is 5.92 Å².